The minimum absolute atomic E-state index is 0.141. The van der Waals surface area contributed by atoms with Gasteiger partial charge in [-0.25, -0.2) is 0 Å². The molecule has 0 aromatic carbocycles. The molecule has 2 aliphatic carbocycles. The molecular weight excluding hydrogens is 212 g/mol. The average Bonchev–Trinajstić information content (AvgIpc) is 2.26. The highest BCUT2D eigenvalue weighted by molar-refractivity contribution is 6.04. The molecule has 1 spiro atoms. The van der Waals surface area contributed by atoms with E-state index in [1.165, 1.54) is 0 Å². The lowest BCUT2D eigenvalue weighted by atomic mass is 9.54. The maximum absolute atomic E-state index is 12.3. The van der Waals surface area contributed by atoms with Gasteiger partial charge in [-0.05, 0) is 37.0 Å². The summed E-state index contributed by atoms with van der Waals surface area (Å²) in [5.74, 6) is 0.723. The van der Waals surface area contributed by atoms with Gasteiger partial charge in [0.2, 0.25) is 0 Å². The molecule has 17 heavy (non-hydrogen) atoms. The van der Waals surface area contributed by atoms with E-state index in [0.717, 1.165) is 32.1 Å². The Kier molecular flexibility index (Phi) is 3.17. The molecule has 0 aromatic heterocycles. The first-order valence-corrected chi connectivity index (χ1v) is 6.95. The SMILES string of the molecule is CCC1CC(=O)CC(=O)C12CCC(C)(C)CC2. The molecule has 2 aliphatic rings. The molecule has 2 nitrogen and oxygen atoms in total. The zero-order valence-electron chi connectivity index (χ0n) is 11.3. The topological polar surface area (TPSA) is 34.1 Å². The van der Waals surface area contributed by atoms with Crippen molar-refractivity contribution >= 4 is 11.6 Å². The third-order valence-corrected chi connectivity index (χ3v) is 5.16. The fourth-order valence-electron chi connectivity index (χ4n) is 3.72. The molecule has 1 unspecified atom stereocenters. The van der Waals surface area contributed by atoms with Gasteiger partial charge in [0.15, 0.2) is 0 Å². The molecule has 0 N–H and O–H groups in total. The summed E-state index contributed by atoms with van der Waals surface area (Å²) in [6, 6.07) is 0. The molecule has 0 bridgehead atoms. The van der Waals surface area contributed by atoms with Crippen LogP contribution in [-0.2, 0) is 9.59 Å². The lowest BCUT2D eigenvalue weighted by molar-refractivity contribution is -0.146. The number of Topliss-reactive ketones (excluding diaryl/α,β-unsaturated/α-hetero) is 2. The molecule has 2 saturated carbocycles. The van der Waals surface area contributed by atoms with Gasteiger partial charge in [-0.15, -0.1) is 0 Å². The van der Waals surface area contributed by atoms with Crippen LogP contribution in [0.1, 0.15) is 65.7 Å². The Hall–Kier alpha value is -0.660. The average molecular weight is 236 g/mol. The molecule has 0 heterocycles. The largest absolute Gasteiger partial charge is 0.299 e. The van der Waals surface area contributed by atoms with Crippen molar-refractivity contribution in [2.75, 3.05) is 0 Å². The lowest BCUT2D eigenvalue weighted by Crippen LogP contribution is -2.48. The number of carbonyl (C=O) groups excluding carboxylic acids is 2. The van der Waals surface area contributed by atoms with E-state index in [1.807, 2.05) is 0 Å². The van der Waals surface area contributed by atoms with E-state index >= 15 is 0 Å². The van der Waals surface area contributed by atoms with Crippen LogP contribution in [-0.4, -0.2) is 11.6 Å². The first kappa shape index (κ1) is 12.8. The monoisotopic (exact) mass is 236 g/mol. The van der Waals surface area contributed by atoms with Gasteiger partial charge in [-0.2, -0.15) is 0 Å². The van der Waals surface area contributed by atoms with Crippen molar-refractivity contribution in [2.24, 2.45) is 16.7 Å². The van der Waals surface area contributed by atoms with Gasteiger partial charge < -0.3 is 0 Å². The molecule has 2 fully saturated rings. The minimum Gasteiger partial charge on any atom is -0.299 e. The quantitative estimate of drug-likeness (QED) is 0.653. The van der Waals surface area contributed by atoms with Crippen LogP contribution < -0.4 is 0 Å². The zero-order chi connectivity index (χ0) is 12.7. The first-order chi connectivity index (χ1) is 7.89. The van der Waals surface area contributed by atoms with Crippen molar-refractivity contribution in [1.82, 2.24) is 0 Å². The maximum Gasteiger partial charge on any atom is 0.146 e. The number of hydrogen-bond donors (Lipinski definition) is 0. The van der Waals surface area contributed by atoms with Crippen LogP contribution in [0.2, 0.25) is 0 Å². The highest BCUT2D eigenvalue weighted by Gasteiger charge is 2.51. The minimum atomic E-state index is -0.141. The second kappa shape index (κ2) is 4.22. The van der Waals surface area contributed by atoms with Gasteiger partial charge in [0.25, 0.3) is 0 Å². The molecule has 0 radical (unpaired) electrons. The van der Waals surface area contributed by atoms with Crippen molar-refractivity contribution in [3.05, 3.63) is 0 Å². The fraction of sp³-hybridized carbons (Fsp3) is 0.867. The smallest absolute Gasteiger partial charge is 0.146 e. The van der Waals surface area contributed by atoms with E-state index in [9.17, 15) is 9.59 Å². The van der Waals surface area contributed by atoms with E-state index in [4.69, 9.17) is 0 Å². The van der Waals surface area contributed by atoms with Crippen molar-refractivity contribution < 1.29 is 9.59 Å². The Bertz CT molecular complexity index is 331. The number of hydrogen-bond acceptors (Lipinski definition) is 2. The third kappa shape index (κ3) is 2.19. The molecule has 0 aromatic rings. The molecule has 0 aliphatic heterocycles. The number of rotatable bonds is 1. The second-order valence-corrected chi connectivity index (χ2v) is 6.77. The van der Waals surface area contributed by atoms with Gasteiger partial charge in [0.05, 0.1) is 6.42 Å². The molecule has 2 rings (SSSR count). The van der Waals surface area contributed by atoms with Gasteiger partial charge in [0, 0.05) is 11.8 Å². The summed E-state index contributed by atoms with van der Waals surface area (Å²) in [4.78, 5) is 23.9. The fourth-order valence-corrected chi connectivity index (χ4v) is 3.72. The molecule has 96 valence electrons. The second-order valence-electron chi connectivity index (χ2n) is 6.77. The third-order valence-electron chi connectivity index (χ3n) is 5.16. The summed E-state index contributed by atoms with van der Waals surface area (Å²) in [7, 11) is 0. The summed E-state index contributed by atoms with van der Waals surface area (Å²) >= 11 is 0. The Morgan fingerprint density at radius 1 is 1.12 bits per heavy atom. The van der Waals surface area contributed by atoms with E-state index in [-0.39, 0.29) is 23.4 Å². The Labute approximate surface area is 104 Å². The van der Waals surface area contributed by atoms with Crippen LogP contribution in [0.15, 0.2) is 0 Å². The molecule has 0 saturated heterocycles. The standard InChI is InChI=1S/C15H24O2/c1-4-11-9-12(16)10-13(17)15(11)7-5-14(2,3)6-8-15/h11H,4-10H2,1-3H3. The Morgan fingerprint density at radius 2 is 1.71 bits per heavy atom. The van der Waals surface area contributed by atoms with Crippen LogP contribution in [0.3, 0.4) is 0 Å². The van der Waals surface area contributed by atoms with Crippen LogP contribution in [0.5, 0.6) is 0 Å². The van der Waals surface area contributed by atoms with Gasteiger partial charge in [-0.1, -0.05) is 27.2 Å². The predicted octanol–water partition coefficient (Wildman–Crippen LogP) is 3.53. The van der Waals surface area contributed by atoms with Crippen LogP contribution in [0.25, 0.3) is 0 Å². The molecular formula is C15H24O2. The van der Waals surface area contributed by atoms with Crippen LogP contribution in [0, 0.1) is 16.7 Å². The van der Waals surface area contributed by atoms with Crippen LogP contribution in [0.4, 0.5) is 0 Å². The number of ketones is 2. The molecule has 1 atom stereocenters. The van der Waals surface area contributed by atoms with E-state index in [2.05, 4.69) is 20.8 Å². The summed E-state index contributed by atoms with van der Waals surface area (Å²) in [5.41, 5.74) is 0.240. The first-order valence-electron chi connectivity index (χ1n) is 6.95. The van der Waals surface area contributed by atoms with Gasteiger partial charge >= 0.3 is 0 Å². The highest BCUT2D eigenvalue weighted by atomic mass is 16.2. The predicted molar refractivity (Wildman–Crippen MR) is 67.7 cm³/mol. The number of carbonyl (C=O) groups is 2. The zero-order valence-corrected chi connectivity index (χ0v) is 11.3. The lowest BCUT2D eigenvalue weighted by Gasteiger charge is -2.48. The molecule has 2 heteroatoms. The van der Waals surface area contributed by atoms with Gasteiger partial charge in [-0.3, -0.25) is 9.59 Å². The normalized spacial score (nSPS) is 31.8. The maximum atomic E-state index is 12.3. The Morgan fingerprint density at radius 3 is 2.24 bits per heavy atom. The van der Waals surface area contributed by atoms with Crippen molar-refractivity contribution in [1.29, 1.82) is 0 Å². The van der Waals surface area contributed by atoms with Crippen molar-refractivity contribution in [3.63, 3.8) is 0 Å². The summed E-state index contributed by atoms with van der Waals surface area (Å²) < 4.78 is 0. The summed E-state index contributed by atoms with van der Waals surface area (Å²) in [6.07, 6.45) is 6.08. The van der Waals surface area contributed by atoms with Crippen LogP contribution >= 0.6 is 0 Å². The Balaban J connectivity index is 2.22. The molecule has 0 amide bonds. The highest BCUT2D eigenvalue weighted by Crippen LogP contribution is 2.53. The van der Waals surface area contributed by atoms with Gasteiger partial charge in [0.1, 0.15) is 11.6 Å². The summed E-state index contributed by atoms with van der Waals surface area (Å²) in [6.45, 7) is 6.70. The van der Waals surface area contributed by atoms with E-state index < -0.39 is 0 Å². The van der Waals surface area contributed by atoms with Crippen molar-refractivity contribution in [3.8, 4) is 0 Å². The summed E-state index contributed by atoms with van der Waals surface area (Å²) in [5, 5.41) is 0. The van der Waals surface area contributed by atoms with Crippen molar-refractivity contribution in [2.45, 2.75) is 65.7 Å². The van der Waals surface area contributed by atoms with E-state index in [0.29, 0.717) is 17.8 Å². The van der Waals surface area contributed by atoms with E-state index in [1.54, 1.807) is 0 Å².